The van der Waals surface area contributed by atoms with Crippen molar-refractivity contribution in [2.45, 2.75) is 18.7 Å². The molecule has 0 bridgehead atoms. The Morgan fingerprint density at radius 2 is 2.12 bits per heavy atom. The lowest BCUT2D eigenvalue weighted by molar-refractivity contribution is -0.264. The lowest BCUT2D eigenvalue weighted by Crippen LogP contribution is -2.40. The van der Waals surface area contributed by atoms with Crippen molar-refractivity contribution >= 4 is 29.3 Å². The average molecular weight is 464 g/mol. The summed E-state index contributed by atoms with van der Waals surface area (Å²) in [6, 6.07) is 3.84. The SMILES string of the molecule is Nc1ncc(-c2ccc3nc(NC(=O)COC4CCN(C(=O)[O-])C4)cn3n2)cc1C(F)(F)F. The molecule has 0 saturated carbocycles. The van der Waals surface area contributed by atoms with Gasteiger partial charge in [0.25, 0.3) is 5.91 Å². The van der Waals surface area contributed by atoms with Crippen LogP contribution in [-0.2, 0) is 15.7 Å². The van der Waals surface area contributed by atoms with Gasteiger partial charge in [-0.15, -0.1) is 0 Å². The van der Waals surface area contributed by atoms with E-state index in [4.69, 9.17) is 10.5 Å². The molecule has 3 N–H and O–H groups in total. The molecule has 174 valence electrons. The van der Waals surface area contributed by atoms with Crippen molar-refractivity contribution in [1.82, 2.24) is 24.5 Å². The summed E-state index contributed by atoms with van der Waals surface area (Å²) >= 11 is 0. The summed E-state index contributed by atoms with van der Waals surface area (Å²) in [5.74, 6) is -0.988. The van der Waals surface area contributed by atoms with Crippen LogP contribution in [0.4, 0.5) is 29.6 Å². The molecule has 14 heteroatoms. The van der Waals surface area contributed by atoms with Gasteiger partial charge in [-0.3, -0.25) is 4.79 Å². The Labute approximate surface area is 184 Å². The number of rotatable bonds is 5. The van der Waals surface area contributed by atoms with Crippen molar-refractivity contribution in [2.24, 2.45) is 0 Å². The molecule has 1 aliphatic heterocycles. The van der Waals surface area contributed by atoms with Crippen LogP contribution in [0.2, 0.25) is 0 Å². The summed E-state index contributed by atoms with van der Waals surface area (Å²) < 4.78 is 46.0. The van der Waals surface area contributed by atoms with Gasteiger partial charge in [0.2, 0.25) is 0 Å². The van der Waals surface area contributed by atoms with Gasteiger partial charge in [-0.05, 0) is 24.6 Å². The number of nitrogen functional groups attached to an aromatic ring is 1. The second-order valence-electron chi connectivity index (χ2n) is 7.28. The number of imidazole rings is 1. The van der Waals surface area contributed by atoms with Crippen LogP contribution >= 0.6 is 0 Å². The predicted molar refractivity (Wildman–Crippen MR) is 106 cm³/mol. The van der Waals surface area contributed by atoms with E-state index in [1.165, 1.54) is 29.0 Å². The van der Waals surface area contributed by atoms with E-state index in [9.17, 15) is 27.9 Å². The van der Waals surface area contributed by atoms with Crippen molar-refractivity contribution < 1.29 is 32.6 Å². The minimum atomic E-state index is -4.66. The van der Waals surface area contributed by atoms with Gasteiger partial charge in [0.15, 0.2) is 11.5 Å². The zero-order valence-corrected chi connectivity index (χ0v) is 16.9. The van der Waals surface area contributed by atoms with Gasteiger partial charge in [-0.1, -0.05) is 0 Å². The van der Waals surface area contributed by atoms with E-state index in [1.54, 1.807) is 0 Å². The number of hydrogen-bond donors (Lipinski definition) is 2. The molecule has 0 aliphatic carbocycles. The molecular formula is C19H17F3N7O4-. The summed E-state index contributed by atoms with van der Waals surface area (Å²) in [6.07, 6.45) is -3.33. The number of nitrogens with zero attached hydrogens (tertiary/aromatic N) is 5. The molecule has 1 fully saturated rings. The molecule has 3 aromatic heterocycles. The number of nitrogens with one attached hydrogen (secondary N) is 1. The first-order valence-corrected chi connectivity index (χ1v) is 9.67. The molecule has 3 aromatic rings. The van der Waals surface area contributed by atoms with Gasteiger partial charge >= 0.3 is 6.18 Å². The molecule has 4 heterocycles. The number of aromatic nitrogens is 4. The number of amides is 2. The molecule has 1 saturated heterocycles. The van der Waals surface area contributed by atoms with Crippen molar-refractivity contribution in [3.05, 3.63) is 36.2 Å². The number of halogens is 3. The fourth-order valence-electron chi connectivity index (χ4n) is 3.34. The standard InChI is InChI=1S/C19H18F3N7O4/c20-19(21,22)12-5-10(6-24-17(12)23)13-1-2-15-25-14(8-29(15)27-13)26-16(30)9-33-11-3-4-28(7-11)18(31)32/h1-2,5-6,8,11H,3-4,7,9H2,(H2,23,24)(H,26,30)(H,31,32)/p-1. The second-order valence-corrected chi connectivity index (χ2v) is 7.28. The van der Waals surface area contributed by atoms with E-state index in [1.807, 2.05) is 0 Å². The normalized spacial score (nSPS) is 16.3. The Kier molecular flexibility index (Phi) is 5.76. The molecule has 33 heavy (non-hydrogen) atoms. The van der Waals surface area contributed by atoms with Crippen molar-refractivity contribution in [3.63, 3.8) is 0 Å². The third-order valence-corrected chi connectivity index (χ3v) is 4.96. The van der Waals surface area contributed by atoms with Gasteiger partial charge in [0.1, 0.15) is 18.5 Å². The average Bonchev–Trinajstić information content (AvgIpc) is 3.38. The van der Waals surface area contributed by atoms with Crippen molar-refractivity contribution in [2.75, 3.05) is 30.7 Å². The van der Waals surface area contributed by atoms with Gasteiger partial charge < -0.3 is 30.6 Å². The fraction of sp³-hybridized carbons (Fsp3) is 0.316. The molecule has 11 nitrogen and oxygen atoms in total. The largest absolute Gasteiger partial charge is 0.530 e. The lowest BCUT2D eigenvalue weighted by Gasteiger charge is -2.18. The van der Waals surface area contributed by atoms with Crippen LogP contribution < -0.4 is 16.2 Å². The Bertz CT molecular complexity index is 1210. The molecule has 1 unspecified atom stereocenters. The first-order chi connectivity index (χ1) is 15.6. The van der Waals surface area contributed by atoms with E-state index in [0.29, 0.717) is 12.1 Å². The summed E-state index contributed by atoms with van der Waals surface area (Å²) in [5, 5.41) is 17.6. The third-order valence-electron chi connectivity index (χ3n) is 4.96. The number of likely N-dealkylation sites (tertiary alicyclic amines) is 1. The van der Waals surface area contributed by atoms with Gasteiger partial charge in [0.05, 0.1) is 23.6 Å². The van der Waals surface area contributed by atoms with Crippen LogP contribution in [0.25, 0.3) is 16.9 Å². The number of carbonyl (C=O) groups excluding carboxylic acids is 2. The van der Waals surface area contributed by atoms with E-state index in [-0.39, 0.29) is 36.8 Å². The maximum Gasteiger partial charge on any atom is 0.419 e. The molecule has 0 aromatic carbocycles. The number of carbonyl (C=O) groups is 2. The maximum atomic E-state index is 13.1. The number of hydrogen-bond acceptors (Lipinski definition) is 8. The minimum Gasteiger partial charge on any atom is -0.530 e. The van der Waals surface area contributed by atoms with E-state index in [0.717, 1.165) is 11.0 Å². The molecule has 2 amide bonds. The zero-order valence-electron chi connectivity index (χ0n) is 16.9. The van der Waals surface area contributed by atoms with Crippen LogP contribution in [-0.4, -0.2) is 62.3 Å². The lowest BCUT2D eigenvalue weighted by atomic mass is 10.1. The van der Waals surface area contributed by atoms with Crippen LogP contribution in [0.15, 0.2) is 30.6 Å². The number of alkyl halides is 3. The highest BCUT2D eigenvalue weighted by Crippen LogP contribution is 2.34. The summed E-state index contributed by atoms with van der Waals surface area (Å²) in [4.78, 5) is 31.8. The Balaban J connectivity index is 1.43. The first kappa shape index (κ1) is 22.3. The number of pyridine rings is 1. The molecular weight excluding hydrogens is 447 g/mol. The topological polar surface area (TPSA) is 151 Å². The van der Waals surface area contributed by atoms with Gasteiger partial charge in [-0.25, -0.2) is 14.5 Å². The van der Waals surface area contributed by atoms with Gasteiger partial charge in [-0.2, -0.15) is 18.3 Å². The Morgan fingerprint density at radius 1 is 1.33 bits per heavy atom. The van der Waals surface area contributed by atoms with Crippen LogP contribution in [0.5, 0.6) is 0 Å². The third kappa shape index (κ3) is 4.95. The first-order valence-electron chi connectivity index (χ1n) is 9.67. The van der Waals surface area contributed by atoms with Crippen LogP contribution in [0.1, 0.15) is 12.0 Å². The number of nitrogens with two attached hydrogens (primary N) is 1. The maximum absolute atomic E-state index is 13.1. The number of fused-ring (bicyclic) bond motifs is 1. The highest BCUT2D eigenvalue weighted by Gasteiger charge is 2.34. The number of anilines is 2. The number of carboxylic acid groups (broad SMARTS) is 1. The van der Waals surface area contributed by atoms with E-state index >= 15 is 0 Å². The summed E-state index contributed by atoms with van der Waals surface area (Å²) in [6.45, 7) is 0.102. The van der Waals surface area contributed by atoms with Crippen molar-refractivity contribution in [1.29, 1.82) is 0 Å². The van der Waals surface area contributed by atoms with E-state index < -0.39 is 35.7 Å². The zero-order chi connectivity index (χ0) is 23.8. The molecule has 1 aliphatic rings. The van der Waals surface area contributed by atoms with Gasteiger partial charge in [0, 0.05) is 24.8 Å². The molecule has 0 spiro atoms. The quantitative estimate of drug-likeness (QED) is 0.562. The Morgan fingerprint density at radius 3 is 2.82 bits per heavy atom. The van der Waals surface area contributed by atoms with E-state index in [2.05, 4.69) is 20.4 Å². The summed E-state index contributed by atoms with van der Waals surface area (Å²) in [7, 11) is 0. The van der Waals surface area contributed by atoms with Crippen LogP contribution in [0, 0.1) is 0 Å². The van der Waals surface area contributed by atoms with Crippen LogP contribution in [0.3, 0.4) is 0 Å². The Hall–Kier alpha value is -3.94. The highest BCUT2D eigenvalue weighted by atomic mass is 19.4. The van der Waals surface area contributed by atoms with Crippen molar-refractivity contribution in [3.8, 4) is 11.3 Å². The molecule has 0 radical (unpaired) electrons. The minimum absolute atomic E-state index is 0.105. The molecule has 1 atom stereocenters. The monoisotopic (exact) mass is 464 g/mol. The highest BCUT2D eigenvalue weighted by molar-refractivity contribution is 5.91. The predicted octanol–water partition coefficient (Wildman–Crippen LogP) is 0.765. The smallest absolute Gasteiger partial charge is 0.419 e. The summed E-state index contributed by atoms with van der Waals surface area (Å²) in [5.41, 5.74) is 4.91. The fourth-order valence-corrected chi connectivity index (χ4v) is 3.34. The second kappa shape index (κ2) is 8.54. The number of ether oxygens (including phenoxy) is 1. The molecule has 4 rings (SSSR count).